The van der Waals surface area contributed by atoms with E-state index < -0.39 is 0 Å². The van der Waals surface area contributed by atoms with Crippen LogP contribution >= 0.6 is 0 Å². The quantitative estimate of drug-likeness (QED) is 0.925. The van der Waals surface area contributed by atoms with Gasteiger partial charge >= 0.3 is 0 Å². The first-order valence-corrected chi connectivity index (χ1v) is 7.96. The molecule has 2 unspecified atom stereocenters. The van der Waals surface area contributed by atoms with Crippen LogP contribution in [0.2, 0.25) is 0 Å². The highest BCUT2D eigenvalue weighted by atomic mass is 16.2. The Morgan fingerprint density at radius 3 is 2.86 bits per heavy atom. The van der Waals surface area contributed by atoms with Crippen molar-refractivity contribution < 1.29 is 4.79 Å². The fourth-order valence-corrected chi connectivity index (χ4v) is 3.51. The highest BCUT2D eigenvalue weighted by Gasteiger charge is 2.29. The number of carbonyl (C=O) groups excluding carboxylic acids is 1. The molecule has 1 aromatic carbocycles. The zero-order valence-corrected chi connectivity index (χ0v) is 13.0. The van der Waals surface area contributed by atoms with Gasteiger partial charge in [-0.25, -0.2) is 0 Å². The second-order valence-electron chi connectivity index (χ2n) is 6.31. The van der Waals surface area contributed by atoms with E-state index in [-0.39, 0.29) is 11.9 Å². The summed E-state index contributed by atoms with van der Waals surface area (Å²) in [6.07, 6.45) is 4.44. The van der Waals surface area contributed by atoms with E-state index >= 15 is 0 Å². The number of rotatable bonds is 3. The number of amides is 1. The van der Waals surface area contributed by atoms with Gasteiger partial charge in [-0.3, -0.25) is 4.79 Å². The fourth-order valence-electron chi connectivity index (χ4n) is 3.51. The maximum atomic E-state index is 12.2. The van der Waals surface area contributed by atoms with Crippen molar-refractivity contribution in [1.82, 2.24) is 10.2 Å². The summed E-state index contributed by atoms with van der Waals surface area (Å²) in [6, 6.07) is 8.99. The van der Waals surface area contributed by atoms with E-state index in [4.69, 9.17) is 0 Å². The largest absolute Gasteiger partial charge is 0.315 e. The van der Waals surface area contributed by atoms with Crippen LogP contribution < -0.4 is 10.2 Å². The fraction of sp³-hybridized carbons (Fsp3) is 0.588. The maximum Gasteiger partial charge on any atom is 0.228 e. The molecule has 21 heavy (non-hydrogen) atoms. The Morgan fingerprint density at radius 1 is 1.24 bits per heavy atom. The molecule has 2 aliphatic heterocycles. The van der Waals surface area contributed by atoms with Crippen molar-refractivity contribution in [2.75, 3.05) is 32.1 Å². The smallest absolute Gasteiger partial charge is 0.228 e. The van der Waals surface area contributed by atoms with Crippen LogP contribution in [0.4, 0.5) is 5.69 Å². The number of likely N-dealkylation sites (tertiary alicyclic amines) is 1. The molecular formula is C17H25N3O. The molecule has 0 bridgehead atoms. The molecule has 114 valence electrons. The number of piperidine rings is 1. The van der Waals surface area contributed by atoms with Gasteiger partial charge in [0, 0.05) is 37.8 Å². The number of carbonyl (C=O) groups is 1. The standard InChI is InChI=1S/C17H25N3O/c1-19-10-6-5-7-13(19)12-18-15-11-17(21)20(2)16-9-4-3-8-14(15)16/h3-4,8-9,13,15,18H,5-7,10-12H2,1-2H3. The molecule has 1 fully saturated rings. The molecule has 0 saturated carbocycles. The summed E-state index contributed by atoms with van der Waals surface area (Å²) in [4.78, 5) is 16.4. The van der Waals surface area contributed by atoms with Crippen LogP contribution in [0.15, 0.2) is 24.3 Å². The molecule has 1 amide bonds. The van der Waals surface area contributed by atoms with E-state index in [0.29, 0.717) is 12.5 Å². The third-order valence-electron chi connectivity index (χ3n) is 4.95. The third-order valence-corrected chi connectivity index (χ3v) is 4.95. The molecule has 2 aliphatic rings. The topological polar surface area (TPSA) is 35.6 Å². The SMILES string of the molecule is CN1C(=O)CC(NCC2CCCCN2C)c2ccccc21. The summed E-state index contributed by atoms with van der Waals surface area (Å²) >= 11 is 0. The molecular weight excluding hydrogens is 262 g/mol. The van der Waals surface area contributed by atoms with Crippen LogP contribution in [0.3, 0.4) is 0 Å². The zero-order valence-electron chi connectivity index (χ0n) is 13.0. The lowest BCUT2D eigenvalue weighted by Crippen LogP contribution is -2.45. The van der Waals surface area contributed by atoms with Gasteiger partial charge in [0.1, 0.15) is 0 Å². The lowest BCUT2D eigenvalue weighted by molar-refractivity contribution is -0.119. The van der Waals surface area contributed by atoms with E-state index in [1.807, 2.05) is 19.2 Å². The number of para-hydroxylation sites is 1. The van der Waals surface area contributed by atoms with Crippen molar-refractivity contribution in [1.29, 1.82) is 0 Å². The molecule has 1 N–H and O–H groups in total. The summed E-state index contributed by atoms with van der Waals surface area (Å²) in [6.45, 7) is 2.15. The molecule has 4 heteroatoms. The lowest BCUT2D eigenvalue weighted by Gasteiger charge is -2.36. The Labute approximate surface area is 127 Å². The van der Waals surface area contributed by atoms with Crippen molar-refractivity contribution in [3.8, 4) is 0 Å². The first-order chi connectivity index (χ1) is 10.2. The van der Waals surface area contributed by atoms with Crippen molar-refractivity contribution in [2.45, 2.75) is 37.8 Å². The second-order valence-corrected chi connectivity index (χ2v) is 6.31. The minimum absolute atomic E-state index is 0.153. The average Bonchev–Trinajstić information content (AvgIpc) is 2.51. The normalized spacial score (nSPS) is 26.8. The summed E-state index contributed by atoms with van der Waals surface area (Å²) in [7, 11) is 4.07. The first kappa shape index (κ1) is 14.5. The van der Waals surface area contributed by atoms with Crippen LogP contribution in [-0.4, -0.2) is 44.0 Å². The van der Waals surface area contributed by atoms with Crippen molar-refractivity contribution >= 4 is 11.6 Å². The molecule has 2 heterocycles. The minimum Gasteiger partial charge on any atom is -0.315 e. The molecule has 0 aromatic heterocycles. The lowest BCUT2D eigenvalue weighted by atomic mass is 9.95. The van der Waals surface area contributed by atoms with Gasteiger partial charge in [0.2, 0.25) is 5.91 Å². The summed E-state index contributed by atoms with van der Waals surface area (Å²) < 4.78 is 0. The Kier molecular flexibility index (Phi) is 4.27. The van der Waals surface area contributed by atoms with E-state index in [2.05, 4.69) is 29.4 Å². The monoisotopic (exact) mass is 287 g/mol. The van der Waals surface area contributed by atoms with Gasteiger partial charge < -0.3 is 15.1 Å². The molecule has 0 spiro atoms. The van der Waals surface area contributed by atoms with Crippen LogP contribution in [0.25, 0.3) is 0 Å². The van der Waals surface area contributed by atoms with Crippen LogP contribution in [0, 0.1) is 0 Å². The highest BCUT2D eigenvalue weighted by Crippen LogP contribution is 2.33. The number of nitrogens with zero attached hydrogens (tertiary/aromatic N) is 2. The van der Waals surface area contributed by atoms with E-state index in [1.54, 1.807) is 4.90 Å². The molecule has 1 aromatic rings. The van der Waals surface area contributed by atoms with Gasteiger partial charge in [-0.2, -0.15) is 0 Å². The molecule has 1 saturated heterocycles. The van der Waals surface area contributed by atoms with Gasteiger partial charge in [0.25, 0.3) is 0 Å². The number of likely N-dealkylation sites (N-methyl/N-ethyl adjacent to an activating group) is 1. The van der Waals surface area contributed by atoms with E-state index in [0.717, 1.165) is 12.2 Å². The van der Waals surface area contributed by atoms with Crippen LogP contribution in [0.5, 0.6) is 0 Å². The molecule has 0 radical (unpaired) electrons. The van der Waals surface area contributed by atoms with Gasteiger partial charge in [0.05, 0.1) is 0 Å². The number of anilines is 1. The maximum absolute atomic E-state index is 12.2. The van der Waals surface area contributed by atoms with Crippen molar-refractivity contribution in [2.24, 2.45) is 0 Å². The third kappa shape index (κ3) is 2.97. The molecule has 2 atom stereocenters. The minimum atomic E-state index is 0.153. The predicted molar refractivity (Wildman–Crippen MR) is 85.5 cm³/mol. The van der Waals surface area contributed by atoms with Gasteiger partial charge in [-0.15, -0.1) is 0 Å². The Bertz CT molecular complexity index is 517. The Morgan fingerprint density at radius 2 is 2.05 bits per heavy atom. The predicted octanol–water partition coefficient (Wildman–Crippen LogP) is 2.17. The second kappa shape index (κ2) is 6.16. The van der Waals surface area contributed by atoms with Gasteiger partial charge in [-0.1, -0.05) is 24.6 Å². The number of hydrogen-bond acceptors (Lipinski definition) is 3. The number of benzene rings is 1. The summed E-state index contributed by atoms with van der Waals surface area (Å²) in [5.74, 6) is 0.197. The van der Waals surface area contributed by atoms with Crippen molar-refractivity contribution in [3.63, 3.8) is 0 Å². The summed E-state index contributed by atoms with van der Waals surface area (Å²) in [5.41, 5.74) is 2.29. The number of fused-ring (bicyclic) bond motifs is 1. The number of hydrogen-bond donors (Lipinski definition) is 1. The Hall–Kier alpha value is -1.39. The number of nitrogens with one attached hydrogen (secondary N) is 1. The Balaban J connectivity index is 1.71. The van der Waals surface area contributed by atoms with E-state index in [9.17, 15) is 4.79 Å². The molecule has 0 aliphatic carbocycles. The van der Waals surface area contributed by atoms with E-state index in [1.165, 1.54) is 31.4 Å². The zero-order chi connectivity index (χ0) is 14.8. The van der Waals surface area contributed by atoms with Gasteiger partial charge in [-0.05, 0) is 38.1 Å². The molecule has 4 nitrogen and oxygen atoms in total. The summed E-state index contributed by atoms with van der Waals surface area (Å²) in [5, 5.41) is 3.64. The van der Waals surface area contributed by atoms with Crippen LogP contribution in [-0.2, 0) is 4.79 Å². The molecule has 3 rings (SSSR count). The van der Waals surface area contributed by atoms with Gasteiger partial charge in [0.15, 0.2) is 0 Å². The first-order valence-electron chi connectivity index (χ1n) is 7.96. The van der Waals surface area contributed by atoms with Crippen molar-refractivity contribution in [3.05, 3.63) is 29.8 Å². The highest BCUT2D eigenvalue weighted by molar-refractivity contribution is 5.96. The average molecular weight is 287 g/mol. The van der Waals surface area contributed by atoms with Crippen LogP contribution in [0.1, 0.15) is 37.3 Å².